The van der Waals surface area contributed by atoms with Crippen LogP contribution in [0.2, 0.25) is 0 Å². The van der Waals surface area contributed by atoms with Crippen molar-refractivity contribution in [2.45, 2.75) is 90.4 Å². The molecule has 2 aliphatic heterocycles. The van der Waals surface area contributed by atoms with Gasteiger partial charge in [-0.15, -0.1) is 0 Å². The minimum Gasteiger partial charge on any atom is -0.314 e. The predicted octanol–water partition coefficient (Wildman–Crippen LogP) is 2.69. The third-order valence-electron chi connectivity index (χ3n) is 6.07. The first-order valence-electron chi connectivity index (χ1n) is 10.2. The molecule has 2 N–H and O–H groups in total. The van der Waals surface area contributed by atoms with Gasteiger partial charge in [-0.3, -0.25) is 9.80 Å². The first kappa shape index (κ1) is 20.2. The Hall–Kier alpha value is -0.160. The van der Waals surface area contributed by atoms with Crippen molar-refractivity contribution in [3.05, 3.63) is 0 Å². The molecule has 24 heavy (non-hydrogen) atoms. The highest BCUT2D eigenvalue weighted by atomic mass is 15.3. The molecule has 4 atom stereocenters. The van der Waals surface area contributed by atoms with Crippen molar-refractivity contribution < 1.29 is 0 Å². The van der Waals surface area contributed by atoms with Gasteiger partial charge in [0.05, 0.1) is 0 Å². The van der Waals surface area contributed by atoms with Crippen molar-refractivity contribution in [3.8, 4) is 0 Å². The molecule has 2 bridgehead atoms. The fraction of sp³-hybridized carbons (Fsp3) is 1.00. The number of nitrogens with one attached hydrogen (secondary N) is 2. The van der Waals surface area contributed by atoms with E-state index in [-0.39, 0.29) is 11.1 Å². The number of hydrogen-bond acceptors (Lipinski definition) is 4. The van der Waals surface area contributed by atoms with E-state index in [4.69, 9.17) is 0 Å². The molecule has 142 valence electrons. The molecule has 2 aliphatic rings. The second-order valence-corrected chi connectivity index (χ2v) is 9.47. The monoisotopic (exact) mass is 338 g/mol. The van der Waals surface area contributed by atoms with Crippen LogP contribution in [0.3, 0.4) is 0 Å². The third-order valence-corrected chi connectivity index (χ3v) is 6.07. The second-order valence-electron chi connectivity index (χ2n) is 9.47. The van der Waals surface area contributed by atoms with Crippen LogP contribution in [-0.2, 0) is 0 Å². The van der Waals surface area contributed by atoms with Gasteiger partial charge in [0.25, 0.3) is 0 Å². The van der Waals surface area contributed by atoms with E-state index in [1.165, 1.54) is 51.9 Å². The molecule has 0 aromatic rings. The van der Waals surface area contributed by atoms with Crippen LogP contribution in [0, 0.1) is 0 Å². The van der Waals surface area contributed by atoms with Crippen molar-refractivity contribution >= 4 is 0 Å². The minimum absolute atomic E-state index is 0.219. The molecule has 0 radical (unpaired) electrons. The van der Waals surface area contributed by atoms with E-state index in [0.717, 1.165) is 13.1 Å². The Morgan fingerprint density at radius 1 is 0.833 bits per heavy atom. The summed E-state index contributed by atoms with van der Waals surface area (Å²) in [6.07, 6.45) is 4.95. The first-order valence-corrected chi connectivity index (χ1v) is 10.2. The van der Waals surface area contributed by atoms with Gasteiger partial charge in [0.15, 0.2) is 0 Å². The molecular formula is C20H42N4. The Bertz CT molecular complexity index is 380. The number of hydrogen-bond donors (Lipinski definition) is 2. The van der Waals surface area contributed by atoms with Gasteiger partial charge in [-0.05, 0) is 93.4 Å². The summed E-state index contributed by atoms with van der Waals surface area (Å²) >= 11 is 0. The fourth-order valence-electron chi connectivity index (χ4n) is 4.74. The summed E-state index contributed by atoms with van der Waals surface area (Å²) in [6.45, 7) is 21.5. The zero-order valence-corrected chi connectivity index (χ0v) is 17.1. The zero-order valence-electron chi connectivity index (χ0n) is 17.1. The van der Waals surface area contributed by atoms with E-state index in [0.29, 0.717) is 12.1 Å². The molecule has 2 fully saturated rings. The van der Waals surface area contributed by atoms with Crippen LogP contribution < -0.4 is 10.6 Å². The van der Waals surface area contributed by atoms with Crippen LogP contribution in [0.15, 0.2) is 0 Å². The molecule has 0 saturated carbocycles. The lowest BCUT2D eigenvalue weighted by Gasteiger charge is -2.40. The zero-order chi connectivity index (χ0) is 17.8. The van der Waals surface area contributed by atoms with Crippen molar-refractivity contribution in [1.82, 2.24) is 20.4 Å². The standard InChI is InChI=1S/C20H42N4/c1-17-15-20(5,6)24-12-8-11-23(13-14-24)18(2)16-19(3,4)22-10-7-9-21-17/h17-18,21-22H,7-16H2,1-6H3. The summed E-state index contributed by atoms with van der Waals surface area (Å²) in [4.78, 5) is 5.46. The minimum atomic E-state index is 0.219. The maximum Gasteiger partial charge on any atom is 0.0168 e. The van der Waals surface area contributed by atoms with E-state index in [2.05, 4.69) is 62.0 Å². The molecular weight excluding hydrogens is 296 g/mol. The summed E-state index contributed by atoms with van der Waals surface area (Å²) in [7, 11) is 0. The number of rotatable bonds is 0. The average Bonchev–Trinajstić information content (AvgIpc) is 2.71. The molecule has 2 saturated heterocycles. The van der Waals surface area contributed by atoms with Gasteiger partial charge < -0.3 is 10.6 Å². The highest BCUT2D eigenvalue weighted by Gasteiger charge is 2.32. The topological polar surface area (TPSA) is 30.5 Å². The first-order chi connectivity index (χ1) is 11.2. The van der Waals surface area contributed by atoms with Gasteiger partial charge >= 0.3 is 0 Å². The van der Waals surface area contributed by atoms with Crippen LogP contribution in [-0.4, -0.2) is 72.2 Å². The largest absolute Gasteiger partial charge is 0.314 e. The van der Waals surface area contributed by atoms with Gasteiger partial charge in [0.2, 0.25) is 0 Å². The van der Waals surface area contributed by atoms with Crippen molar-refractivity contribution in [2.75, 3.05) is 39.3 Å². The summed E-state index contributed by atoms with van der Waals surface area (Å²) in [5.41, 5.74) is 0.500. The molecule has 2 rings (SSSR count). The molecule has 0 aromatic carbocycles. The number of fused-ring (bicyclic) bond motifs is 3. The molecule has 0 aliphatic carbocycles. The smallest absolute Gasteiger partial charge is 0.0168 e. The molecule has 4 unspecified atom stereocenters. The lowest BCUT2D eigenvalue weighted by atomic mass is 9.93. The summed E-state index contributed by atoms with van der Waals surface area (Å²) in [5, 5.41) is 7.53. The SMILES string of the molecule is CC1CC(C)(C)N2CCCN(CC2)C(C)CC(C)(C)NCCCN1. The lowest BCUT2D eigenvalue weighted by molar-refractivity contribution is 0.101. The Balaban J connectivity index is 2.10. The van der Waals surface area contributed by atoms with E-state index < -0.39 is 0 Å². The molecule has 2 heterocycles. The van der Waals surface area contributed by atoms with E-state index >= 15 is 0 Å². The van der Waals surface area contributed by atoms with Gasteiger partial charge in [-0.2, -0.15) is 0 Å². The van der Waals surface area contributed by atoms with E-state index in [1.807, 2.05) is 0 Å². The molecule has 4 heteroatoms. The van der Waals surface area contributed by atoms with Gasteiger partial charge in [-0.1, -0.05) is 0 Å². The van der Waals surface area contributed by atoms with Gasteiger partial charge in [0.1, 0.15) is 0 Å². The molecule has 0 aromatic heterocycles. The van der Waals surface area contributed by atoms with E-state index in [1.54, 1.807) is 0 Å². The van der Waals surface area contributed by atoms with Crippen LogP contribution in [0.1, 0.15) is 67.2 Å². The average molecular weight is 339 g/mol. The Morgan fingerprint density at radius 3 is 2.33 bits per heavy atom. The predicted molar refractivity (Wildman–Crippen MR) is 105 cm³/mol. The normalized spacial score (nSPS) is 38.8. The highest BCUT2D eigenvalue weighted by Crippen LogP contribution is 2.24. The van der Waals surface area contributed by atoms with Crippen LogP contribution in [0.25, 0.3) is 0 Å². The fourth-order valence-corrected chi connectivity index (χ4v) is 4.74. The van der Waals surface area contributed by atoms with Crippen molar-refractivity contribution in [3.63, 3.8) is 0 Å². The van der Waals surface area contributed by atoms with Crippen molar-refractivity contribution in [2.24, 2.45) is 0 Å². The van der Waals surface area contributed by atoms with E-state index in [9.17, 15) is 0 Å². The lowest BCUT2D eigenvalue weighted by Crippen LogP contribution is -2.49. The maximum absolute atomic E-state index is 3.79. The van der Waals surface area contributed by atoms with Gasteiger partial charge in [-0.25, -0.2) is 0 Å². The number of nitrogens with zero attached hydrogens (tertiary/aromatic N) is 2. The Kier molecular flexibility index (Phi) is 7.12. The van der Waals surface area contributed by atoms with Gasteiger partial charge in [0, 0.05) is 36.3 Å². The van der Waals surface area contributed by atoms with Crippen LogP contribution >= 0.6 is 0 Å². The van der Waals surface area contributed by atoms with Crippen LogP contribution in [0.5, 0.6) is 0 Å². The summed E-state index contributed by atoms with van der Waals surface area (Å²) in [6, 6.07) is 1.23. The quantitative estimate of drug-likeness (QED) is 0.711. The third kappa shape index (κ3) is 5.98. The summed E-state index contributed by atoms with van der Waals surface area (Å²) < 4.78 is 0. The Morgan fingerprint density at radius 2 is 1.58 bits per heavy atom. The highest BCUT2D eigenvalue weighted by molar-refractivity contribution is 4.90. The summed E-state index contributed by atoms with van der Waals surface area (Å²) in [5.74, 6) is 0. The van der Waals surface area contributed by atoms with Crippen LogP contribution in [0.4, 0.5) is 0 Å². The molecule has 4 nitrogen and oxygen atoms in total. The Labute approximate surface area is 150 Å². The van der Waals surface area contributed by atoms with Crippen molar-refractivity contribution in [1.29, 1.82) is 0 Å². The molecule has 0 amide bonds. The maximum atomic E-state index is 3.79. The molecule has 0 spiro atoms. The second kappa shape index (κ2) is 8.48.